The van der Waals surface area contributed by atoms with Gasteiger partial charge in [-0.1, -0.05) is 6.92 Å². The van der Waals surface area contributed by atoms with Crippen LogP contribution >= 0.6 is 0 Å². The molecule has 0 amide bonds. The molecular weight excluding hydrogens is 116 g/mol. The first-order chi connectivity index (χ1) is 4.20. The molecule has 2 heteroatoms. The van der Waals surface area contributed by atoms with Gasteiger partial charge in [-0.25, -0.2) is 0 Å². The molecule has 0 spiro atoms. The molecule has 54 valence electrons. The van der Waals surface area contributed by atoms with Crippen LogP contribution in [0, 0.1) is 5.92 Å². The molecule has 2 N–H and O–H groups in total. The monoisotopic (exact) mass is 130 g/mol. The van der Waals surface area contributed by atoms with E-state index in [2.05, 4.69) is 6.92 Å². The SMILES string of the molecule is C[C@H]1CC[C@@H](O)[C@H](O)C1. The van der Waals surface area contributed by atoms with E-state index >= 15 is 0 Å². The minimum atomic E-state index is -0.464. The van der Waals surface area contributed by atoms with Crippen molar-refractivity contribution in [2.75, 3.05) is 0 Å². The number of rotatable bonds is 0. The Balaban J connectivity index is 2.35. The summed E-state index contributed by atoms with van der Waals surface area (Å²) in [6, 6.07) is 0. The molecule has 0 aromatic carbocycles. The maximum absolute atomic E-state index is 9.10. The van der Waals surface area contributed by atoms with Gasteiger partial charge in [0.25, 0.3) is 0 Å². The maximum atomic E-state index is 9.10. The number of aliphatic hydroxyl groups excluding tert-OH is 2. The number of aliphatic hydroxyl groups is 2. The molecule has 9 heavy (non-hydrogen) atoms. The lowest BCUT2D eigenvalue weighted by Gasteiger charge is -2.27. The Kier molecular flexibility index (Phi) is 2.09. The van der Waals surface area contributed by atoms with Gasteiger partial charge in [-0.2, -0.15) is 0 Å². The smallest absolute Gasteiger partial charge is 0.0801 e. The Morgan fingerprint density at radius 3 is 2.22 bits per heavy atom. The van der Waals surface area contributed by atoms with Crippen LogP contribution in [0.15, 0.2) is 0 Å². The van der Waals surface area contributed by atoms with Crippen molar-refractivity contribution >= 4 is 0 Å². The zero-order valence-corrected chi connectivity index (χ0v) is 5.75. The fourth-order valence-corrected chi connectivity index (χ4v) is 1.33. The standard InChI is InChI=1S/C7H14O2/c1-5-2-3-6(8)7(9)4-5/h5-9H,2-4H2,1H3/t5-,6+,7+/m0/s1. The van der Waals surface area contributed by atoms with Gasteiger partial charge in [0.15, 0.2) is 0 Å². The van der Waals surface area contributed by atoms with E-state index < -0.39 is 12.2 Å². The van der Waals surface area contributed by atoms with Crippen LogP contribution in [-0.4, -0.2) is 22.4 Å². The molecule has 0 unspecified atom stereocenters. The minimum Gasteiger partial charge on any atom is -0.390 e. The molecule has 0 radical (unpaired) electrons. The van der Waals surface area contributed by atoms with Crippen molar-refractivity contribution in [2.24, 2.45) is 5.92 Å². The van der Waals surface area contributed by atoms with Crippen LogP contribution in [0.1, 0.15) is 26.2 Å². The van der Waals surface area contributed by atoms with Crippen LogP contribution in [0.4, 0.5) is 0 Å². The average molecular weight is 130 g/mol. The first-order valence-corrected chi connectivity index (χ1v) is 3.56. The highest BCUT2D eigenvalue weighted by molar-refractivity contribution is 4.76. The van der Waals surface area contributed by atoms with E-state index in [0.29, 0.717) is 5.92 Å². The van der Waals surface area contributed by atoms with Crippen LogP contribution in [0.2, 0.25) is 0 Å². The zero-order valence-electron chi connectivity index (χ0n) is 5.75. The summed E-state index contributed by atoms with van der Waals surface area (Å²) in [6.07, 6.45) is 1.66. The van der Waals surface area contributed by atoms with Crippen LogP contribution in [0.25, 0.3) is 0 Å². The van der Waals surface area contributed by atoms with Gasteiger partial charge >= 0.3 is 0 Å². The lowest BCUT2D eigenvalue weighted by atomic mass is 9.87. The minimum absolute atomic E-state index is 0.457. The first kappa shape index (κ1) is 7.03. The van der Waals surface area contributed by atoms with E-state index in [1.54, 1.807) is 0 Å². The van der Waals surface area contributed by atoms with E-state index in [9.17, 15) is 0 Å². The van der Waals surface area contributed by atoms with Gasteiger partial charge in [-0.15, -0.1) is 0 Å². The second-order valence-electron chi connectivity index (χ2n) is 3.05. The molecule has 3 atom stereocenters. The van der Waals surface area contributed by atoms with Crippen molar-refractivity contribution in [3.8, 4) is 0 Å². The Hall–Kier alpha value is -0.0800. The molecule has 1 aliphatic rings. The molecule has 1 aliphatic carbocycles. The third kappa shape index (κ3) is 1.66. The molecule has 2 nitrogen and oxygen atoms in total. The van der Waals surface area contributed by atoms with Gasteiger partial charge in [0.1, 0.15) is 0 Å². The van der Waals surface area contributed by atoms with E-state index in [-0.39, 0.29) is 0 Å². The molecule has 0 saturated heterocycles. The molecule has 1 rings (SSSR count). The van der Waals surface area contributed by atoms with E-state index in [4.69, 9.17) is 10.2 Å². The normalized spacial score (nSPS) is 45.0. The molecular formula is C7H14O2. The summed E-state index contributed by atoms with van der Waals surface area (Å²) in [4.78, 5) is 0. The van der Waals surface area contributed by atoms with Gasteiger partial charge in [0.05, 0.1) is 12.2 Å². The third-order valence-electron chi connectivity index (χ3n) is 2.04. The molecule has 1 fully saturated rings. The summed E-state index contributed by atoms with van der Waals surface area (Å²) in [5.41, 5.74) is 0. The largest absolute Gasteiger partial charge is 0.390 e. The second kappa shape index (κ2) is 2.67. The highest BCUT2D eigenvalue weighted by Gasteiger charge is 2.24. The summed E-state index contributed by atoms with van der Waals surface area (Å²) in [5.74, 6) is 0.586. The fourth-order valence-electron chi connectivity index (χ4n) is 1.33. The number of hydrogen-bond donors (Lipinski definition) is 2. The Bertz CT molecular complexity index is 92.9. The summed E-state index contributed by atoms with van der Waals surface area (Å²) >= 11 is 0. The highest BCUT2D eigenvalue weighted by atomic mass is 16.3. The Morgan fingerprint density at radius 2 is 1.78 bits per heavy atom. The van der Waals surface area contributed by atoms with Gasteiger partial charge in [-0.3, -0.25) is 0 Å². The molecule has 0 aliphatic heterocycles. The number of hydrogen-bond acceptors (Lipinski definition) is 2. The predicted octanol–water partition coefficient (Wildman–Crippen LogP) is 0.528. The van der Waals surface area contributed by atoms with Crippen molar-refractivity contribution < 1.29 is 10.2 Å². The van der Waals surface area contributed by atoms with Crippen molar-refractivity contribution in [2.45, 2.75) is 38.4 Å². The molecule has 0 aromatic rings. The van der Waals surface area contributed by atoms with Crippen molar-refractivity contribution in [1.29, 1.82) is 0 Å². The summed E-state index contributed by atoms with van der Waals surface area (Å²) in [7, 11) is 0. The van der Waals surface area contributed by atoms with Gasteiger partial charge in [-0.05, 0) is 25.2 Å². The molecule has 1 saturated carbocycles. The predicted molar refractivity (Wildman–Crippen MR) is 35.0 cm³/mol. The van der Waals surface area contributed by atoms with Crippen LogP contribution in [0.5, 0.6) is 0 Å². The summed E-state index contributed by atoms with van der Waals surface area (Å²) in [6.45, 7) is 2.11. The summed E-state index contributed by atoms with van der Waals surface area (Å²) < 4.78 is 0. The zero-order chi connectivity index (χ0) is 6.85. The van der Waals surface area contributed by atoms with Crippen LogP contribution in [0.3, 0.4) is 0 Å². The van der Waals surface area contributed by atoms with Crippen molar-refractivity contribution in [1.82, 2.24) is 0 Å². The summed E-state index contributed by atoms with van der Waals surface area (Å²) in [5, 5.41) is 18.1. The van der Waals surface area contributed by atoms with Gasteiger partial charge in [0.2, 0.25) is 0 Å². The van der Waals surface area contributed by atoms with Crippen LogP contribution in [-0.2, 0) is 0 Å². The van der Waals surface area contributed by atoms with E-state index in [1.165, 1.54) is 0 Å². The molecule has 0 aromatic heterocycles. The molecule has 0 heterocycles. The van der Waals surface area contributed by atoms with E-state index in [1.807, 2.05) is 0 Å². The Morgan fingerprint density at radius 1 is 1.11 bits per heavy atom. The molecule has 0 bridgehead atoms. The highest BCUT2D eigenvalue weighted by Crippen LogP contribution is 2.23. The fraction of sp³-hybridized carbons (Fsp3) is 1.00. The lowest BCUT2D eigenvalue weighted by Crippen LogP contribution is -2.32. The van der Waals surface area contributed by atoms with Crippen LogP contribution < -0.4 is 0 Å². The topological polar surface area (TPSA) is 40.5 Å². The lowest BCUT2D eigenvalue weighted by molar-refractivity contribution is -0.0226. The van der Waals surface area contributed by atoms with Crippen molar-refractivity contribution in [3.63, 3.8) is 0 Å². The van der Waals surface area contributed by atoms with Gasteiger partial charge < -0.3 is 10.2 Å². The first-order valence-electron chi connectivity index (χ1n) is 3.56. The van der Waals surface area contributed by atoms with Crippen molar-refractivity contribution in [3.05, 3.63) is 0 Å². The average Bonchev–Trinajstić information content (AvgIpc) is 1.80. The third-order valence-corrected chi connectivity index (χ3v) is 2.04. The Labute approximate surface area is 55.5 Å². The van der Waals surface area contributed by atoms with Gasteiger partial charge in [0, 0.05) is 0 Å². The quantitative estimate of drug-likeness (QED) is 0.502. The second-order valence-corrected chi connectivity index (χ2v) is 3.05. The maximum Gasteiger partial charge on any atom is 0.0801 e. The van der Waals surface area contributed by atoms with E-state index in [0.717, 1.165) is 19.3 Å².